The fraction of sp³-hybridized carbons (Fsp3) is 0.538. The zero-order valence-electron chi connectivity index (χ0n) is 22.3. The second-order valence-electron chi connectivity index (χ2n) is 10.9. The summed E-state index contributed by atoms with van der Waals surface area (Å²) in [6, 6.07) is 5.15. The average Bonchev–Trinajstić information content (AvgIpc) is 3.49. The highest BCUT2D eigenvalue weighted by Crippen LogP contribution is 2.34. The van der Waals surface area contributed by atoms with Crippen LogP contribution in [0.1, 0.15) is 51.6 Å². The minimum absolute atomic E-state index is 0.158. The van der Waals surface area contributed by atoms with E-state index in [-0.39, 0.29) is 23.7 Å². The lowest BCUT2D eigenvalue weighted by Gasteiger charge is -2.31. The number of hydrogen-bond acceptors (Lipinski definition) is 8. The number of carbonyl (C=O) groups excluding carboxylic acids is 1. The molecule has 0 spiro atoms. The Balaban J connectivity index is 1.49. The molecule has 2 N–H and O–H groups in total. The molecule has 0 radical (unpaired) electrons. The third-order valence-electron chi connectivity index (χ3n) is 6.81. The number of hydrogen-bond donors (Lipinski definition) is 2. The van der Waals surface area contributed by atoms with Crippen LogP contribution in [0, 0.1) is 0 Å². The van der Waals surface area contributed by atoms with Crippen LogP contribution >= 0.6 is 0 Å². The second-order valence-corrected chi connectivity index (χ2v) is 10.9. The lowest BCUT2D eigenvalue weighted by Crippen LogP contribution is -2.35. The molecule has 2 atom stereocenters. The van der Waals surface area contributed by atoms with Gasteiger partial charge in [0.2, 0.25) is 0 Å². The van der Waals surface area contributed by atoms with Crippen molar-refractivity contribution in [2.45, 2.75) is 76.5 Å². The molecular weight excluding hydrogens is 493 g/mol. The number of halogens is 1. The summed E-state index contributed by atoms with van der Waals surface area (Å²) in [5, 5.41) is 11.0. The molecule has 3 aromatic rings. The van der Waals surface area contributed by atoms with Gasteiger partial charge >= 0.3 is 6.09 Å². The molecule has 12 heteroatoms. The third-order valence-corrected chi connectivity index (χ3v) is 6.81. The number of nitrogens with zero attached hydrogens (tertiary/aromatic N) is 5. The van der Waals surface area contributed by atoms with Crippen molar-refractivity contribution in [1.82, 2.24) is 24.5 Å². The molecule has 5 rings (SSSR count). The Morgan fingerprint density at radius 2 is 2.05 bits per heavy atom. The van der Waals surface area contributed by atoms with Gasteiger partial charge in [-0.1, -0.05) is 0 Å². The van der Waals surface area contributed by atoms with Crippen LogP contribution < -0.4 is 21.1 Å². The van der Waals surface area contributed by atoms with Crippen molar-refractivity contribution in [3.63, 3.8) is 0 Å². The van der Waals surface area contributed by atoms with E-state index in [1.54, 1.807) is 74.6 Å². The molecule has 0 saturated heterocycles. The zero-order valence-corrected chi connectivity index (χ0v) is 22.3. The smallest absolute Gasteiger partial charge is 0.415 e. The first-order valence-electron chi connectivity index (χ1n) is 12.8. The molecule has 2 fully saturated rings. The molecule has 3 heterocycles. The number of nitrogens with one attached hydrogen (secondary N) is 2. The SMILES string of the molecule is CO[C@@H]1CC1NCc1cnn2c(N(C)C(=O)OC(C)(C)C)cc(Nc3cccn(C4CC(F)C4)c3=O)nc12. The van der Waals surface area contributed by atoms with Crippen LogP contribution in [-0.2, 0) is 16.0 Å². The van der Waals surface area contributed by atoms with Crippen molar-refractivity contribution in [3.8, 4) is 0 Å². The Morgan fingerprint density at radius 1 is 1.29 bits per heavy atom. The van der Waals surface area contributed by atoms with Crippen molar-refractivity contribution in [1.29, 1.82) is 0 Å². The van der Waals surface area contributed by atoms with Gasteiger partial charge in [0.15, 0.2) is 5.65 Å². The van der Waals surface area contributed by atoms with E-state index >= 15 is 0 Å². The number of alkyl halides is 1. The Labute approximate surface area is 219 Å². The standard InChI is InChI=1S/C26H34FN7O4/c1-26(2,3)38-25(36)32(4)22-12-21(30-18-7-6-8-33(24(18)35)17-9-16(27)10-17)31-23-15(14-29-34(22)23)13-28-19-11-20(19)37-5/h6-8,12,14,16-17,19-20,28H,9-11,13H2,1-5H3,(H,30,31)/t16?,17?,19?,20-/m1/s1. The number of rotatable bonds is 8. The first-order chi connectivity index (χ1) is 18.0. The molecule has 0 aliphatic heterocycles. The Kier molecular flexibility index (Phi) is 6.86. The van der Waals surface area contributed by atoms with Crippen LogP contribution in [-0.4, -0.2) is 63.3 Å². The average molecular weight is 528 g/mol. The highest BCUT2D eigenvalue weighted by atomic mass is 19.1. The quantitative estimate of drug-likeness (QED) is 0.457. The first-order valence-corrected chi connectivity index (χ1v) is 12.8. The van der Waals surface area contributed by atoms with Gasteiger partial charge in [-0.25, -0.2) is 14.2 Å². The van der Waals surface area contributed by atoms with Crippen LogP contribution in [0.15, 0.2) is 35.4 Å². The van der Waals surface area contributed by atoms with Crippen molar-refractivity contribution in [3.05, 3.63) is 46.5 Å². The van der Waals surface area contributed by atoms with E-state index in [9.17, 15) is 14.0 Å². The summed E-state index contributed by atoms with van der Waals surface area (Å²) in [5.74, 6) is 0.771. The van der Waals surface area contributed by atoms with Crippen molar-refractivity contribution in [2.75, 3.05) is 24.4 Å². The molecular formula is C26H34FN7O4. The van der Waals surface area contributed by atoms with E-state index in [0.717, 1.165) is 12.0 Å². The second kappa shape index (κ2) is 9.99. The summed E-state index contributed by atoms with van der Waals surface area (Å²) in [4.78, 5) is 32.2. The summed E-state index contributed by atoms with van der Waals surface area (Å²) in [5.41, 5.74) is 0.705. The normalized spacial score (nSPS) is 22.7. The minimum Gasteiger partial charge on any atom is -0.443 e. The lowest BCUT2D eigenvalue weighted by molar-refractivity contribution is 0.0587. The number of carbonyl (C=O) groups is 1. The van der Waals surface area contributed by atoms with Gasteiger partial charge < -0.3 is 24.7 Å². The predicted molar refractivity (Wildman–Crippen MR) is 141 cm³/mol. The van der Waals surface area contributed by atoms with Crippen LogP contribution in [0.5, 0.6) is 0 Å². The Morgan fingerprint density at radius 3 is 2.71 bits per heavy atom. The molecule has 1 amide bonds. The van der Waals surface area contributed by atoms with Gasteiger partial charge in [-0.05, 0) is 52.2 Å². The molecule has 204 valence electrons. The molecule has 0 bridgehead atoms. The van der Waals surface area contributed by atoms with Crippen LogP contribution in [0.25, 0.3) is 5.65 Å². The van der Waals surface area contributed by atoms with Crippen LogP contribution in [0.3, 0.4) is 0 Å². The largest absolute Gasteiger partial charge is 0.443 e. The minimum atomic E-state index is -0.873. The molecule has 0 aromatic carbocycles. The van der Waals surface area contributed by atoms with Crippen LogP contribution in [0.2, 0.25) is 0 Å². The maximum atomic E-state index is 13.4. The van der Waals surface area contributed by atoms with Crippen molar-refractivity contribution >= 4 is 29.1 Å². The van der Waals surface area contributed by atoms with Crippen molar-refractivity contribution < 1.29 is 18.7 Å². The van der Waals surface area contributed by atoms with Crippen LogP contribution in [0.4, 0.5) is 26.5 Å². The number of anilines is 3. The molecule has 2 aliphatic carbocycles. The topological polar surface area (TPSA) is 115 Å². The van der Waals surface area contributed by atoms with Gasteiger partial charge in [0.1, 0.15) is 29.1 Å². The van der Waals surface area contributed by atoms with E-state index in [4.69, 9.17) is 14.5 Å². The summed E-state index contributed by atoms with van der Waals surface area (Å²) < 4.78 is 27.5. The fourth-order valence-corrected chi connectivity index (χ4v) is 4.51. The van der Waals surface area contributed by atoms with Crippen molar-refractivity contribution in [2.24, 2.45) is 0 Å². The van der Waals surface area contributed by atoms with Gasteiger partial charge in [0, 0.05) is 50.6 Å². The predicted octanol–water partition coefficient (Wildman–Crippen LogP) is 3.56. The highest BCUT2D eigenvalue weighted by molar-refractivity contribution is 5.87. The lowest BCUT2D eigenvalue weighted by atomic mass is 9.90. The first kappa shape index (κ1) is 26.1. The zero-order chi connectivity index (χ0) is 27.2. The summed E-state index contributed by atoms with van der Waals surface area (Å²) in [6.45, 7) is 5.89. The van der Waals surface area contributed by atoms with Gasteiger partial charge in [-0.3, -0.25) is 9.69 Å². The molecule has 2 saturated carbocycles. The molecule has 2 aliphatic rings. The third kappa shape index (κ3) is 5.37. The number of fused-ring (bicyclic) bond motifs is 1. The molecule has 3 aromatic heterocycles. The van der Waals surface area contributed by atoms with E-state index in [2.05, 4.69) is 15.7 Å². The van der Waals surface area contributed by atoms with Gasteiger partial charge in [-0.15, -0.1) is 0 Å². The molecule has 11 nitrogen and oxygen atoms in total. The van der Waals surface area contributed by atoms with Gasteiger partial charge in [0.25, 0.3) is 5.56 Å². The number of aromatic nitrogens is 4. The molecule has 1 unspecified atom stereocenters. The number of ether oxygens (including phenoxy) is 2. The maximum Gasteiger partial charge on any atom is 0.415 e. The Hall–Kier alpha value is -3.51. The van der Waals surface area contributed by atoms with E-state index < -0.39 is 17.9 Å². The maximum absolute atomic E-state index is 13.4. The summed E-state index contributed by atoms with van der Waals surface area (Å²) in [6.07, 6.45) is 3.74. The van der Waals surface area contributed by atoms with E-state index in [1.807, 2.05) is 0 Å². The highest BCUT2D eigenvalue weighted by Gasteiger charge is 2.37. The van der Waals surface area contributed by atoms with E-state index in [1.165, 1.54) is 4.90 Å². The summed E-state index contributed by atoms with van der Waals surface area (Å²) >= 11 is 0. The number of amides is 1. The number of methoxy groups -OCH3 is 1. The van der Waals surface area contributed by atoms with E-state index in [0.29, 0.717) is 42.4 Å². The number of pyridine rings is 1. The fourth-order valence-electron chi connectivity index (χ4n) is 4.51. The van der Waals surface area contributed by atoms with Gasteiger partial charge in [0.05, 0.1) is 12.3 Å². The monoisotopic (exact) mass is 527 g/mol. The Bertz CT molecular complexity index is 1390. The molecule has 38 heavy (non-hydrogen) atoms. The summed E-state index contributed by atoms with van der Waals surface area (Å²) in [7, 11) is 3.29. The van der Waals surface area contributed by atoms with Gasteiger partial charge in [-0.2, -0.15) is 9.61 Å².